The summed E-state index contributed by atoms with van der Waals surface area (Å²) in [7, 11) is 0. The van der Waals surface area contributed by atoms with Gasteiger partial charge in [0, 0.05) is 12.2 Å². The second-order valence-electron chi connectivity index (χ2n) is 2.58. The molecule has 0 rings (SSSR count). The molecular weight excluding hydrogens is 274 g/mol. The Balaban J connectivity index is 4.15. The summed E-state index contributed by atoms with van der Waals surface area (Å²) >= 11 is 0. The van der Waals surface area contributed by atoms with E-state index < -0.39 is 37.5 Å². The summed E-state index contributed by atoms with van der Waals surface area (Å²) in [5, 5.41) is 0. The number of ether oxygens (including phenoxy) is 2. The molecule has 4 nitrogen and oxygen atoms in total. The van der Waals surface area contributed by atoms with E-state index in [4.69, 9.17) is 0 Å². The first kappa shape index (κ1) is 16.3. The van der Waals surface area contributed by atoms with Crippen molar-refractivity contribution in [2.75, 3.05) is 0 Å². The number of halogens is 6. The molecule has 0 spiro atoms. The first-order valence-electron chi connectivity index (χ1n) is 4.17. The number of carbonyl (C=O) groups is 2. The molecular formula is C8H6F6O4. The lowest BCUT2D eigenvalue weighted by molar-refractivity contribution is -0.170. The molecule has 0 saturated carbocycles. The zero-order chi connectivity index (χ0) is 14.3. The average molecular weight is 280 g/mol. The molecule has 0 aliphatic carbocycles. The Morgan fingerprint density at radius 3 is 1.22 bits per heavy atom. The molecule has 10 heteroatoms. The highest BCUT2D eigenvalue weighted by Gasteiger charge is 2.24. The second-order valence-corrected chi connectivity index (χ2v) is 2.58. The molecule has 0 aliphatic rings. The minimum Gasteiger partial charge on any atom is -0.422 e. The summed E-state index contributed by atoms with van der Waals surface area (Å²) < 4.78 is 77.3. The molecule has 0 N–H and O–H groups in total. The van der Waals surface area contributed by atoms with Crippen LogP contribution in [0.25, 0.3) is 0 Å². The van der Waals surface area contributed by atoms with Gasteiger partial charge in [-0.05, 0) is 0 Å². The fourth-order valence-electron chi connectivity index (χ4n) is 0.539. The van der Waals surface area contributed by atoms with Gasteiger partial charge in [-0.1, -0.05) is 0 Å². The quantitative estimate of drug-likeness (QED) is 0.422. The van der Waals surface area contributed by atoms with Crippen molar-refractivity contribution in [1.29, 1.82) is 0 Å². The minimum atomic E-state index is -3.58. The van der Waals surface area contributed by atoms with E-state index >= 15 is 0 Å². The van der Waals surface area contributed by atoms with Gasteiger partial charge in [0.05, 0.1) is 0 Å². The van der Waals surface area contributed by atoms with E-state index in [9.17, 15) is 35.9 Å². The van der Waals surface area contributed by atoms with Crippen LogP contribution in [0.4, 0.5) is 26.3 Å². The molecule has 0 fully saturated rings. The molecule has 0 radical (unpaired) electrons. The molecule has 18 heavy (non-hydrogen) atoms. The van der Waals surface area contributed by atoms with Gasteiger partial charge in [-0.25, -0.2) is 27.2 Å². The topological polar surface area (TPSA) is 52.6 Å². The fourth-order valence-corrected chi connectivity index (χ4v) is 0.539. The van der Waals surface area contributed by atoms with Crippen molar-refractivity contribution in [3.63, 3.8) is 0 Å². The minimum absolute atomic E-state index is 0.121. The smallest absolute Gasteiger partial charge is 0.333 e. The van der Waals surface area contributed by atoms with Crippen LogP contribution < -0.4 is 0 Å². The average Bonchev–Trinajstić information content (AvgIpc) is 2.25. The third kappa shape index (κ3) is 6.76. The third-order valence-electron chi connectivity index (χ3n) is 1.21. The van der Waals surface area contributed by atoms with Gasteiger partial charge in [-0.3, -0.25) is 0 Å². The molecule has 0 bridgehead atoms. The van der Waals surface area contributed by atoms with Crippen molar-refractivity contribution in [2.24, 2.45) is 0 Å². The second kappa shape index (κ2) is 7.56. The summed E-state index contributed by atoms with van der Waals surface area (Å²) in [4.78, 5) is 21.1. The van der Waals surface area contributed by atoms with E-state index in [0.717, 1.165) is 0 Å². The van der Waals surface area contributed by atoms with E-state index in [-0.39, 0.29) is 12.2 Å². The normalized spacial score (nSPS) is 14.9. The number of carbonyl (C=O) groups excluding carboxylic acids is 2. The van der Waals surface area contributed by atoms with Crippen LogP contribution in [0.1, 0.15) is 0 Å². The molecule has 0 aliphatic heterocycles. The number of hydrogen-bond donors (Lipinski definition) is 0. The number of rotatable bonds is 6. The van der Waals surface area contributed by atoms with Gasteiger partial charge in [0.1, 0.15) is 0 Å². The monoisotopic (exact) mass is 280 g/mol. The first-order chi connectivity index (χ1) is 8.23. The number of alkyl halides is 6. The van der Waals surface area contributed by atoms with Gasteiger partial charge in [-0.15, -0.1) is 0 Å². The summed E-state index contributed by atoms with van der Waals surface area (Å²) in [5.41, 5.74) is 0. The lowest BCUT2D eigenvalue weighted by Gasteiger charge is -2.07. The number of esters is 2. The van der Waals surface area contributed by atoms with E-state index in [2.05, 4.69) is 9.47 Å². The Kier molecular flexibility index (Phi) is 6.83. The molecule has 0 aromatic rings. The van der Waals surface area contributed by atoms with Crippen molar-refractivity contribution in [3.05, 3.63) is 12.2 Å². The predicted molar refractivity (Wildman–Crippen MR) is 43.1 cm³/mol. The molecule has 0 aromatic carbocycles. The van der Waals surface area contributed by atoms with Crippen molar-refractivity contribution >= 4 is 11.9 Å². The van der Waals surface area contributed by atoms with Crippen molar-refractivity contribution < 1.29 is 45.4 Å². The Morgan fingerprint density at radius 2 is 1.00 bits per heavy atom. The highest BCUT2D eigenvalue weighted by Crippen LogP contribution is 2.08. The van der Waals surface area contributed by atoms with Crippen LogP contribution in [-0.2, 0) is 19.1 Å². The molecule has 0 aromatic heterocycles. The summed E-state index contributed by atoms with van der Waals surface area (Å²) in [6.07, 6.45) is -13.3. The highest BCUT2D eigenvalue weighted by atomic mass is 19.3. The Labute approximate surface area is 96.1 Å². The van der Waals surface area contributed by atoms with Gasteiger partial charge in [0.25, 0.3) is 0 Å². The molecule has 0 heterocycles. The van der Waals surface area contributed by atoms with Gasteiger partial charge >= 0.3 is 37.5 Å². The zero-order valence-corrected chi connectivity index (χ0v) is 8.36. The molecule has 0 amide bonds. The van der Waals surface area contributed by atoms with Crippen LogP contribution in [-0.4, -0.2) is 37.5 Å². The largest absolute Gasteiger partial charge is 0.422 e. The van der Waals surface area contributed by atoms with E-state index in [1.807, 2.05) is 0 Å². The first-order valence-corrected chi connectivity index (χ1v) is 4.17. The summed E-state index contributed by atoms with van der Waals surface area (Å²) in [6, 6.07) is 0. The molecule has 2 unspecified atom stereocenters. The van der Waals surface area contributed by atoms with Gasteiger partial charge in [-0.2, -0.15) is 8.78 Å². The molecule has 0 saturated heterocycles. The van der Waals surface area contributed by atoms with Crippen LogP contribution >= 0.6 is 0 Å². The van der Waals surface area contributed by atoms with Gasteiger partial charge in [0.2, 0.25) is 0 Å². The molecule has 2 atom stereocenters. The van der Waals surface area contributed by atoms with Crippen LogP contribution in [0.15, 0.2) is 12.2 Å². The van der Waals surface area contributed by atoms with Crippen LogP contribution in [0.5, 0.6) is 0 Å². The Bertz CT molecular complexity index is 289. The fraction of sp³-hybridized carbons (Fsp3) is 0.500. The van der Waals surface area contributed by atoms with Crippen LogP contribution in [0, 0.1) is 0 Å². The highest BCUT2D eigenvalue weighted by molar-refractivity contribution is 5.91. The van der Waals surface area contributed by atoms with Crippen molar-refractivity contribution in [3.8, 4) is 0 Å². The maximum atomic E-state index is 12.1. The van der Waals surface area contributed by atoms with Crippen LogP contribution in [0.3, 0.4) is 0 Å². The maximum Gasteiger partial charge on any atom is 0.333 e. The van der Waals surface area contributed by atoms with Gasteiger partial charge < -0.3 is 9.47 Å². The lowest BCUT2D eigenvalue weighted by Crippen LogP contribution is -2.21. The maximum absolute atomic E-state index is 12.1. The third-order valence-corrected chi connectivity index (χ3v) is 1.21. The summed E-state index contributed by atoms with van der Waals surface area (Å²) in [5.74, 6) is -3.38. The molecule has 104 valence electrons. The standard InChI is InChI=1S/C8H6F6O4/c9-5(10)7(13)17-3(15)1-2-4(16)18-8(14)6(11)12/h1-2,5-8H. The zero-order valence-electron chi connectivity index (χ0n) is 8.36. The summed E-state index contributed by atoms with van der Waals surface area (Å²) in [6.45, 7) is 0. The van der Waals surface area contributed by atoms with E-state index in [1.165, 1.54) is 0 Å². The van der Waals surface area contributed by atoms with Crippen molar-refractivity contribution in [2.45, 2.75) is 25.6 Å². The van der Waals surface area contributed by atoms with Gasteiger partial charge in [0.15, 0.2) is 0 Å². The predicted octanol–water partition coefficient (Wildman–Crippen LogP) is 1.75. The SMILES string of the molecule is O=C(C=CC(=O)OC(F)C(F)F)OC(F)C(F)F. The Hall–Kier alpha value is -1.74. The van der Waals surface area contributed by atoms with E-state index in [1.54, 1.807) is 0 Å². The number of hydrogen-bond acceptors (Lipinski definition) is 4. The Morgan fingerprint density at radius 1 is 0.722 bits per heavy atom. The van der Waals surface area contributed by atoms with E-state index in [0.29, 0.717) is 0 Å². The lowest BCUT2D eigenvalue weighted by atomic mass is 10.5. The van der Waals surface area contributed by atoms with Crippen molar-refractivity contribution in [1.82, 2.24) is 0 Å². The van der Waals surface area contributed by atoms with Crippen LogP contribution in [0.2, 0.25) is 0 Å².